The summed E-state index contributed by atoms with van der Waals surface area (Å²) in [4.78, 5) is 14.1. The van der Waals surface area contributed by atoms with Crippen molar-refractivity contribution < 1.29 is 27.6 Å². The maximum absolute atomic E-state index is 14.0. The zero-order valence-corrected chi connectivity index (χ0v) is 18.3. The summed E-state index contributed by atoms with van der Waals surface area (Å²) in [5.41, 5.74) is -0.467. The van der Waals surface area contributed by atoms with E-state index in [-0.39, 0.29) is 34.4 Å². The Morgan fingerprint density at radius 1 is 0.970 bits per heavy atom. The van der Waals surface area contributed by atoms with Crippen LogP contribution in [-0.2, 0) is 19.3 Å². The highest BCUT2D eigenvalue weighted by Crippen LogP contribution is 2.39. The Morgan fingerprint density at radius 2 is 1.64 bits per heavy atom. The molecule has 4 nitrogen and oxygen atoms in total. The lowest BCUT2D eigenvalue weighted by atomic mass is 10.00. The minimum atomic E-state index is -4.92. The van der Waals surface area contributed by atoms with Crippen LogP contribution in [0.4, 0.5) is 13.2 Å². The van der Waals surface area contributed by atoms with Gasteiger partial charge in [0.2, 0.25) is 11.2 Å². The zero-order valence-electron chi connectivity index (χ0n) is 17.5. The second-order valence-electron chi connectivity index (χ2n) is 7.88. The number of benzene rings is 3. The molecule has 1 heterocycles. The minimum absolute atomic E-state index is 0.0340. The highest BCUT2D eigenvalue weighted by molar-refractivity contribution is 6.30. The summed E-state index contributed by atoms with van der Waals surface area (Å²) in [5.74, 6) is -1.64. The Hall–Kier alpha value is -3.29. The molecule has 0 amide bonds. The van der Waals surface area contributed by atoms with Gasteiger partial charge in [0, 0.05) is 10.6 Å². The first kappa shape index (κ1) is 22.9. The average molecular weight is 475 g/mol. The number of aromatic hydroxyl groups is 1. The Labute approximate surface area is 192 Å². The second kappa shape index (κ2) is 8.92. The van der Waals surface area contributed by atoms with Crippen LogP contribution in [0.15, 0.2) is 75.9 Å². The molecule has 33 heavy (non-hydrogen) atoms. The van der Waals surface area contributed by atoms with E-state index < -0.39 is 22.9 Å². The Morgan fingerprint density at radius 3 is 2.27 bits per heavy atom. The Kier molecular flexibility index (Phi) is 6.19. The third-order valence-electron chi connectivity index (χ3n) is 5.36. The highest BCUT2D eigenvalue weighted by Gasteiger charge is 2.40. The molecule has 1 unspecified atom stereocenters. The zero-order chi connectivity index (χ0) is 23.8. The fourth-order valence-corrected chi connectivity index (χ4v) is 3.99. The molecule has 1 aromatic heterocycles. The summed E-state index contributed by atoms with van der Waals surface area (Å²) in [6.45, 7) is 0.717. The van der Waals surface area contributed by atoms with Crippen molar-refractivity contribution in [2.24, 2.45) is 0 Å². The molecule has 0 aliphatic rings. The van der Waals surface area contributed by atoms with Crippen LogP contribution >= 0.6 is 11.6 Å². The first-order chi connectivity index (χ1) is 15.6. The van der Waals surface area contributed by atoms with E-state index in [1.165, 1.54) is 36.4 Å². The largest absolute Gasteiger partial charge is 0.507 e. The van der Waals surface area contributed by atoms with Gasteiger partial charge in [0.1, 0.15) is 18.8 Å². The van der Waals surface area contributed by atoms with Gasteiger partial charge in [0.25, 0.3) is 0 Å². The topological polar surface area (TPSA) is 54.9 Å². The molecular weight excluding hydrogens is 455 g/mol. The fourth-order valence-electron chi connectivity index (χ4n) is 3.86. The summed E-state index contributed by atoms with van der Waals surface area (Å²) in [6, 6.07) is 17.6. The van der Waals surface area contributed by atoms with Crippen LogP contribution in [0.5, 0.6) is 5.75 Å². The van der Waals surface area contributed by atoms with Crippen molar-refractivity contribution in [3.05, 3.63) is 98.9 Å². The number of phenols is 1. The van der Waals surface area contributed by atoms with Crippen LogP contribution in [0.1, 0.15) is 16.9 Å². The van der Waals surface area contributed by atoms with Gasteiger partial charge in [0.15, 0.2) is 5.58 Å². The van der Waals surface area contributed by atoms with Crippen molar-refractivity contribution in [2.75, 3.05) is 7.05 Å². The predicted octanol–water partition coefficient (Wildman–Crippen LogP) is 5.05. The smallest absolute Gasteiger partial charge is 0.450 e. The third-order valence-corrected chi connectivity index (χ3v) is 5.61. The molecule has 0 aliphatic heterocycles. The molecule has 0 spiro atoms. The van der Waals surface area contributed by atoms with Crippen molar-refractivity contribution in [3.63, 3.8) is 0 Å². The molecule has 170 valence electrons. The molecule has 8 heteroatoms. The minimum Gasteiger partial charge on any atom is -0.507 e. The van der Waals surface area contributed by atoms with Crippen molar-refractivity contribution in [2.45, 2.75) is 19.3 Å². The van der Waals surface area contributed by atoms with Gasteiger partial charge in [-0.05, 0) is 29.8 Å². The van der Waals surface area contributed by atoms with Crippen LogP contribution in [0.3, 0.4) is 0 Å². The van der Waals surface area contributed by atoms with E-state index in [1.807, 2.05) is 37.4 Å². The first-order valence-electron chi connectivity index (χ1n) is 10.1. The maximum Gasteiger partial charge on any atom is 0.450 e. The number of hydrogen-bond acceptors (Lipinski definition) is 3. The summed E-state index contributed by atoms with van der Waals surface area (Å²) >= 11 is 5.85. The van der Waals surface area contributed by atoms with Crippen molar-refractivity contribution in [3.8, 4) is 16.9 Å². The molecule has 2 N–H and O–H groups in total. The van der Waals surface area contributed by atoms with E-state index >= 15 is 0 Å². The summed E-state index contributed by atoms with van der Waals surface area (Å²) < 4.78 is 47.3. The number of alkyl halides is 3. The molecule has 0 saturated heterocycles. The monoisotopic (exact) mass is 474 g/mol. The molecule has 0 aliphatic carbocycles. The van der Waals surface area contributed by atoms with Crippen LogP contribution in [0.25, 0.3) is 22.1 Å². The first-order valence-corrected chi connectivity index (χ1v) is 10.5. The average Bonchev–Trinajstić information content (AvgIpc) is 2.76. The van der Waals surface area contributed by atoms with E-state index in [9.17, 15) is 23.1 Å². The number of fused-ring (bicyclic) bond motifs is 1. The van der Waals surface area contributed by atoms with Crippen molar-refractivity contribution in [1.82, 2.24) is 0 Å². The summed E-state index contributed by atoms with van der Waals surface area (Å²) in [6.07, 6.45) is -4.92. The molecular formula is C25H20ClF3NO3+. The number of quaternary nitrogens is 1. The molecule has 0 bridgehead atoms. The Balaban J connectivity index is 1.87. The van der Waals surface area contributed by atoms with Crippen LogP contribution in [0.2, 0.25) is 5.02 Å². The maximum atomic E-state index is 14.0. The number of phenolic OH excluding ortho intramolecular Hbond substituents is 1. The number of halogens is 4. The number of nitrogens with one attached hydrogen (secondary N) is 1. The van der Waals surface area contributed by atoms with Crippen LogP contribution in [-0.4, -0.2) is 12.2 Å². The fraction of sp³-hybridized carbons (Fsp3) is 0.160. The van der Waals surface area contributed by atoms with Gasteiger partial charge in [-0.1, -0.05) is 54.1 Å². The molecule has 3 aromatic carbocycles. The van der Waals surface area contributed by atoms with Crippen LogP contribution in [0, 0.1) is 0 Å². The quantitative estimate of drug-likeness (QED) is 0.425. The molecule has 4 aromatic rings. The lowest BCUT2D eigenvalue weighted by molar-refractivity contribution is -0.907. The van der Waals surface area contributed by atoms with E-state index in [4.69, 9.17) is 16.0 Å². The third kappa shape index (κ3) is 4.74. The van der Waals surface area contributed by atoms with Gasteiger partial charge in [0.05, 0.1) is 23.6 Å². The van der Waals surface area contributed by atoms with E-state index in [2.05, 4.69) is 0 Å². The summed E-state index contributed by atoms with van der Waals surface area (Å²) in [5, 5.41) is 10.7. The molecule has 0 radical (unpaired) electrons. The van der Waals surface area contributed by atoms with Gasteiger partial charge in [-0.25, -0.2) is 0 Å². The lowest BCUT2D eigenvalue weighted by Gasteiger charge is -2.18. The molecule has 1 atom stereocenters. The standard InChI is InChI=1S/C25H19ClF3NO3/c1-30(13-15-5-3-2-4-6-15)14-19-20(31)12-11-18-22(32)21(16-7-9-17(26)10-8-16)24(25(27,28)29)33-23(18)19/h2-12,31H,13-14H2,1H3/p+1. The van der Waals surface area contributed by atoms with Crippen molar-refractivity contribution >= 4 is 22.6 Å². The second-order valence-corrected chi connectivity index (χ2v) is 8.31. The van der Waals surface area contributed by atoms with Gasteiger partial charge in [-0.3, -0.25) is 4.79 Å². The van der Waals surface area contributed by atoms with E-state index in [1.54, 1.807) is 0 Å². The van der Waals surface area contributed by atoms with Crippen molar-refractivity contribution in [1.29, 1.82) is 0 Å². The van der Waals surface area contributed by atoms with Crippen LogP contribution < -0.4 is 10.3 Å². The van der Waals surface area contributed by atoms with Gasteiger partial charge < -0.3 is 14.4 Å². The molecule has 0 fully saturated rings. The van der Waals surface area contributed by atoms with E-state index in [0.29, 0.717) is 11.6 Å². The van der Waals surface area contributed by atoms with Gasteiger partial charge in [-0.15, -0.1) is 0 Å². The molecule has 0 saturated carbocycles. The van der Waals surface area contributed by atoms with Gasteiger partial charge in [-0.2, -0.15) is 13.2 Å². The SMILES string of the molecule is C[NH+](Cc1ccccc1)Cc1c(O)ccc2c(=O)c(-c3ccc(Cl)cc3)c(C(F)(F)F)oc12. The number of hydrogen-bond donors (Lipinski definition) is 2. The van der Waals surface area contributed by atoms with E-state index in [0.717, 1.165) is 10.5 Å². The summed E-state index contributed by atoms with van der Waals surface area (Å²) in [7, 11) is 1.84. The van der Waals surface area contributed by atoms with Gasteiger partial charge >= 0.3 is 6.18 Å². The molecule has 4 rings (SSSR count). The number of rotatable bonds is 5. The highest BCUT2D eigenvalue weighted by atomic mass is 35.5. The Bertz CT molecular complexity index is 1350. The normalized spacial score (nSPS) is 12.8. The lowest BCUT2D eigenvalue weighted by Crippen LogP contribution is -3.06. The predicted molar refractivity (Wildman–Crippen MR) is 120 cm³/mol.